The summed E-state index contributed by atoms with van der Waals surface area (Å²) in [5, 5.41) is 5.72. The van der Waals surface area contributed by atoms with Crippen LogP contribution in [0.5, 0.6) is 0 Å². The van der Waals surface area contributed by atoms with Crippen LogP contribution >= 0.6 is 11.3 Å². The third kappa shape index (κ3) is 5.95. The molecule has 1 nitrogen and oxygen atoms in total. The van der Waals surface area contributed by atoms with Gasteiger partial charge in [0.15, 0.2) is 0 Å². The Labute approximate surface area is 97.9 Å². The zero-order valence-electron chi connectivity index (χ0n) is 10.3. The van der Waals surface area contributed by atoms with Crippen molar-refractivity contribution in [2.24, 2.45) is 5.92 Å². The molecule has 1 rings (SSSR count). The van der Waals surface area contributed by atoms with Crippen molar-refractivity contribution >= 4 is 11.3 Å². The fraction of sp³-hybridized carbons (Fsp3) is 0.692. The Morgan fingerprint density at radius 2 is 2.13 bits per heavy atom. The largest absolute Gasteiger partial charge is 0.312 e. The Hall–Kier alpha value is -0.340. The van der Waals surface area contributed by atoms with Gasteiger partial charge in [-0.1, -0.05) is 13.0 Å². The van der Waals surface area contributed by atoms with E-state index in [0.29, 0.717) is 0 Å². The van der Waals surface area contributed by atoms with Crippen LogP contribution in [-0.4, -0.2) is 12.1 Å². The minimum Gasteiger partial charge on any atom is -0.312 e. The molecule has 86 valence electrons. The number of aryl methyl sites for hydroxylation is 1. The highest BCUT2D eigenvalue weighted by Gasteiger charge is 2.10. The van der Waals surface area contributed by atoms with E-state index >= 15 is 0 Å². The average Bonchev–Trinajstić information content (AvgIpc) is 2.62. The minimum atomic E-state index is 0.247. The zero-order chi connectivity index (χ0) is 11.3. The number of nitrogens with one attached hydrogen (secondary N) is 1. The van der Waals surface area contributed by atoms with Crippen LogP contribution in [0.2, 0.25) is 0 Å². The summed E-state index contributed by atoms with van der Waals surface area (Å²) < 4.78 is 0. The molecule has 1 aromatic heterocycles. The van der Waals surface area contributed by atoms with E-state index in [2.05, 4.69) is 50.5 Å². The molecule has 0 radical (unpaired) electrons. The molecule has 0 aliphatic heterocycles. The summed E-state index contributed by atoms with van der Waals surface area (Å²) in [5.41, 5.74) is 0.247. The van der Waals surface area contributed by atoms with Gasteiger partial charge in [0.1, 0.15) is 0 Å². The fourth-order valence-electron chi connectivity index (χ4n) is 1.43. The molecule has 0 aliphatic rings. The van der Waals surface area contributed by atoms with E-state index < -0.39 is 0 Å². The van der Waals surface area contributed by atoms with Crippen molar-refractivity contribution < 1.29 is 0 Å². The third-order valence-corrected chi connectivity index (χ3v) is 3.38. The molecule has 0 aromatic carbocycles. The van der Waals surface area contributed by atoms with Crippen LogP contribution in [0.3, 0.4) is 0 Å². The molecular formula is C13H23NS. The van der Waals surface area contributed by atoms with Gasteiger partial charge in [-0.15, -0.1) is 11.3 Å². The van der Waals surface area contributed by atoms with Crippen LogP contribution in [0.4, 0.5) is 0 Å². The Balaban J connectivity index is 2.16. The van der Waals surface area contributed by atoms with Crippen molar-refractivity contribution in [3.8, 4) is 0 Å². The number of hydrogen-bond donors (Lipinski definition) is 1. The van der Waals surface area contributed by atoms with Crippen molar-refractivity contribution in [1.29, 1.82) is 0 Å². The lowest BCUT2D eigenvalue weighted by atomic mass is 10.0. The standard InChI is InChI=1S/C13H23NS/c1-11(10-14-13(2,3)4)7-8-12-6-5-9-15-12/h5-6,9,11,14H,7-8,10H2,1-4H3. The lowest BCUT2D eigenvalue weighted by Gasteiger charge is -2.23. The van der Waals surface area contributed by atoms with Crippen LogP contribution in [0.15, 0.2) is 17.5 Å². The first-order valence-electron chi connectivity index (χ1n) is 5.75. The first-order chi connectivity index (χ1) is 6.97. The van der Waals surface area contributed by atoms with E-state index in [1.54, 1.807) is 0 Å². The smallest absolute Gasteiger partial charge is 0.00966 e. The number of rotatable bonds is 5. The minimum absolute atomic E-state index is 0.247. The Kier molecular flexibility index (Phi) is 4.81. The van der Waals surface area contributed by atoms with E-state index in [1.807, 2.05) is 11.3 Å². The molecule has 0 bridgehead atoms. The summed E-state index contributed by atoms with van der Waals surface area (Å²) in [6.07, 6.45) is 2.51. The average molecular weight is 225 g/mol. The summed E-state index contributed by atoms with van der Waals surface area (Å²) >= 11 is 1.87. The van der Waals surface area contributed by atoms with Crippen LogP contribution in [-0.2, 0) is 6.42 Å². The maximum absolute atomic E-state index is 3.56. The summed E-state index contributed by atoms with van der Waals surface area (Å²) in [5.74, 6) is 0.756. The van der Waals surface area contributed by atoms with Crippen molar-refractivity contribution in [2.75, 3.05) is 6.54 Å². The van der Waals surface area contributed by atoms with Gasteiger partial charge < -0.3 is 5.32 Å². The van der Waals surface area contributed by atoms with Gasteiger partial charge in [-0.2, -0.15) is 0 Å². The van der Waals surface area contributed by atoms with Crippen molar-refractivity contribution in [3.05, 3.63) is 22.4 Å². The monoisotopic (exact) mass is 225 g/mol. The molecule has 1 N–H and O–H groups in total. The summed E-state index contributed by atoms with van der Waals surface area (Å²) in [4.78, 5) is 1.51. The molecule has 0 amide bonds. The molecule has 1 heterocycles. The van der Waals surface area contributed by atoms with Crippen LogP contribution in [0, 0.1) is 5.92 Å². The molecule has 0 saturated carbocycles. The van der Waals surface area contributed by atoms with Crippen LogP contribution < -0.4 is 5.32 Å². The van der Waals surface area contributed by atoms with Gasteiger partial charge in [0, 0.05) is 10.4 Å². The second-order valence-electron chi connectivity index (χ2n) is 5.35. The van der Waals surface area contributed by atoms with E-state index in [4.69, 9.17) is 0 Å². The SMILES string of the molecule is CC(CCc1cccs1)CNC(C)(C)C. The second kappa shape index (κ2) is 5.66. The summed E-state index contributed by atoms with van der Waals surface area (Å²) in [6.45, 7) is 10.1. The molecule has 0 fully saturated rings. The van der Waals surface area contributed by atoms with E-state index in [-0.39, 0.29) is 5.54 Å². The van der Waals surface area contributed by atoms with Crippen LogP contribution in [0.25, 0.3) is 0 Å². The van der Waals surface area contributed by atoms with E-state index in [1.165, 1.54) is 17.7 Å². The predicted octanol–water partition coefficient (Wildman–Crippen LogP) is 3.70. The normalized spacial score (nSPS) is 14.1. The maximum Gasteiger partial charge on any atom is 0.00966 e. The van der Waals surface area contributed by atoms with Gasteiger partial charge in [-0.05, 0) is 57.5 Å². The van der Waals surface area contributed by atoms with E-state index in [0.717, 1.165) is 12.5 Å². The Morgan fingerprint density at radius 3 is 2.67 bits per heavy atom. The molecular weight excluding hydrogens is 202 g/mol. The van der Waals surface area contributed by atoms with Gasteiger partial charge in [0.05, 0.1) is 0 Å². The molecule has 2 heteroatoms. The van der Waals surface area contributed by atoms with Gasteiger partial charge >= 0.3 is 0 Å². The summed E-state index contributed by atoms with van der Waals surface area (Å²) in [6, 6.07) is 4.37. The van der Waals surface area contributed by atoms with Crippen molar-refractivity contribution in [1.82, 2.24) is 5.32 Å². The number of thiophene rings is 1. The Bertz CT molecular complexity index is 259. The molecule has 0 aliphatic carbocycles. The first-order valence-corrected chi connectivity index (χ1v) is 6.63. The highest BCUT2D eigenvalue weighted by Crippen LogP contribution is 2.14. The van der Waals surface area contributed by atoms with E-state index in [9.17, 15) is 0 Å². The topological polar surface area (TPSA) is 12.0 Å². The van der Waals surface area contributed by atoms with Crippen LogP contribution in [0.1, 0.15) is 39.0 Å². The first kappa shape index (κ1) is 12.7. The highest BCUT2D eigenvalue weighted by molar-refractivity contribution is 7.09. The molecule has 1 atom stereocenters. The number of hydrogen-bond acceptors (Lipinski definition) is 2. The molecule has 1 aromatic rings. The maximum atomic E-state index is 3.56. The lowest BCUT2D eigenvalue weighted by molar-refractivity contribution is 0.373. The van der Waals surface area contributed by atoms with Crippen molar-refractivity contribution in [3.63, 3.8) is 0 Å². The molecule has 15 heavy (non-hydrogen) atoms. The Morgan fingerprint density at radius 1 is 1.40 bits per heavy atom. The zero-order valence-corrected chi connectivity index (χ0v) is 11.2. The van der Waals surface area contributed by atoms with Gasteiger partial charge in [0.25, 0.3) is 0 Å². The van der Waals surface area contributed by atoms with Gasteiger partial charge in [-0.25, -0.2) is 0 Å². The fourth-order valence-corrected chi connectivity index (χ4v) is 2.15. The molecule has 1 unspecified atom stereocenters. The quantitative estimate of drug-likeness (QED) is 0.805. The van der Waals surface area contributed by atoms with Crippen molar-refractivity contribution in [2.45, 2.75) is 46.1 Å². The molecule has 0 saturated heterocycles. The second-order valence-corrected chi connectivity index (χ2v) is 6.39. The van der Waals surface area contributed by atoms with Gasteiger partial charge in [-0.3, -0.25) is 0 Å². The highest BCUT2D eigenvalue weighted by atomic mass is 32.1. The predicted molar refractivity (Wildman–Crippen MR) is 69.6 cm³/mol. The molecule has 0 spiro atoms. The third-order valence-electron chi connectivity index (χ3n) is 2.44. The summed E-state index contributed by atoms with van der Waals surface area (Å²) in [7, 11) is 0. The van der Waals surface area contributed by atoms with Gasteiger partial charge in [0.2, 0.25) is 0 Å². The lowest BCUT2D eigenvalue weighted by Crippen LogP contribution is -2.38.